The van der Waals surface area contributed by atoms with Crippen LogP contribution in [0.25, 0.3) is 70.6 Å². The first-order chi connectivity index (χ1) is 46.9. The monoisotopic (exact) mass is 1230 g/mol. The predicted molar refractivity (Wildman–Crippen MR) is 396 cm³/mol. The molecule has 16 aromatic rings. The Balaban J connectivity index is 1.03. The zero-order valence-electron chi connectivity index (χ0n) is 53.0. The average molecular weight is 1230 g/mol. The summed E-state index contributed by atoms with van der Waals surface area (Å²) in [7, 11) is 6.91. The highest BCUT2D eigenvalue weighted by atomic mass is 16.5. The van der Waals surface area contributed by atoms with E-state index >= 15 is 0 Å². The van der Waals surface area contributed by atoms with Crippen LogP contribution in [0.1, 0.15) is 0 Å². The maximum Gasteiger partial charge on any atom is 0.120 e. The van der Waals surface area contributed by atoms with E-state index in [1.807, 2.05) is 24.3 Å². The van der Waals surface area contributed by atoms with E-state index in [4.69, 9.17) is 18.9 Å². The second kappa shape index (κ2) is 24.6. The van der Waals surface area contributed by atoms with Gasteiger partial charge in [0, 0.05) is 90.7 Å². The van der Waals surface area contributed by atoms with E-state index in [1.165, 1.54) is 0 Å². The van der Waals surface area contributed by atoms with Crippen molar-refractivity contribution in [3.63, 3.8) is 0 Å². The molecule has 0 fully saturated rings. The molecule has 0 aliphatic rings. The molecule has 0 saturated carbocycles. The number of hydrogen-bond donors (Lipinski definition) is 0. The fourth-order valence-electron chi connectivity index (χ4n) is 13.8. The largest absolute Gasteiger partial charge is 0.497 e. The third-order valence-electron chi connectivity index (χ3n) is 18.2. The minimum atomic E-state index is 0.741. The van der Waals surface area contributed by atoms with Gasteiger partial charge < -0.3 is 43.1 Å². The third kappa shape index (κ3) is 10.5. The van der Waals surface area contributed by atoms with Crippen molar-refractivity contribution in [3.8, 4) is 28.7 Å². The molecule has 15 aromatic carbocycles. The van der Waals surface area contributed by atoms with Gasteiger partial charge in [-0.15, -0.1) is 0 Å². The molecule has 0 atom stereocenters. The number of anilines is 12. The number of fused-ring (bicyclic) bond motifs is 7. The Morgan fingerprint density at radius 2 is 0.474 bits per heavy atom. The molecule has 1 aromatic heterocycles. The first-order valence-corrected chi connectivity index (χ1v) is 31.8. The smallest absolute Gasteiger partial charge is 0.120 e. The van der Waals surface area contributed by atoms with Crippen molar-refractivity contribution in [2.45, 2.75) is 0 Å². The highest BCUT2D eigenvalue weighted by molar-refractivity contribution is 6.14. The predicted octanol–water partition coefficient (Wildman–Crippen LogP) is 23.3. The van der Waals surface area contributed by atoms with Crippen molar-refractivity contribution in [1.82, 2.24) is 4.57 Å². The molecule has 95 heavy (non-hydrogen) atoms. The van der Waals surface area contributed by atoms with Crippen molar-refractivity contribution in [3.05, 3.63) is 322 Å². The number of methoxy groups -OCH3 is 4. The van der Waals surface area contributed by atoms with Gasteiger partial charge in [-0.2, -0.15) is 0 Å². The van der Waals surface area contributed by atoms with Gasteiger partial charge >= 0.3 is 0 Å². The molecule has 458 valence electrons. The van der Waals surface area contributed by atoms with E-state index in [-0.39, 0.29) is 0 Å². The molecular formula is C86H65N5O4. The lowest BCUT2D eigenvalue weighted by Crippen LogP contribution is -2.15. The van der Waals surface area contributed by atoms with E-state index in [1.54, 1.807) is 28.4 Å². The van der Waals surface area contributed by atoms with Crippen LogP contribution in [-0.2, 0) is 0 Å². The molecule has 0 saturated heterocycles. The van der Waals surface area contributed by atoms with Crippen molar-refractivity contribution in [2.75, 3.05) is 48.0 Å². The van der Waals surface area contributed by atoms with E-state index in [0.29, 0.717) is 0 Å². The summed E-state index contributed by atoms with van der Waals surface area (Å²) < 4.78 is 26.5. The second-order valence-electron chi connectivity index (χ2n) is 23.6. The summed E-state index contributed by atoms with van der Waals surface area (Å²) >= 11 is 0. The normalized spacial score (nSPS) is 11.4. The maximum atomic E-state index is 6.04. The molecule has 0 unspecified atom stereocenters. The summed E-state index contributed by atoms with van der Waals surface area (Å²) in [5, 5.41) is 11.0. The van der Waals surface area contributed by atoms with E-state index in [2.05, 4.69) is 321 Å². The summed E-state index contributed by atoms with van der Waals surface area (Å²) in [5.74, 6) is 3.00. The Morgan fingerprint density at radius 3 is 0.779 bits per heavy atom. The summed E-state index contributed by atoms with van der Waals surface area (Å²) in [5.41, 5.74) is 14.6. The molecule has 0 radical (unpaired) electrons. The Labute approximate surface area is 551 Å². The zero-order chi connectivity index (χ0) is 63.9. The summed E-state index contributed by atoms with van der Waals surface area (Å²) in [6, 6.07) is 115. The molecule has 0 aliphatic carbocycles. The number of benzene rings is 15. The first-order valence-electron chi connectivity index (χ1n) is 31.8. The van der Waals surface area contributed by atoms with Crippen molar-refractivity contribution >= 4 is 133 Å². The van der Waals surface area contributed by atoms with E-state index in [0.717, 1.165) is 162 Å². The van der Waals surface area contributed by atoms with Crippen LogP contribution in [0.15, 0.2) is 322 Å². The van der Waals surface area contributed by atoms with Crippen LogP contribution >= 0.6 is 0 Å². The molecule has 0 aliphatic heterocycles. The third-order valence-corrected chi connectivity index (χ3v) is 18.2. The molecule has 9 nitrogen and oxygen atoms in total. The molecular weight excluding hydrogens is 1170 g/mol. The maximum absolute atomic E-state index is 6.04. The number of nitrogens with zero attached hydrogens (tertiary/aromatic N) is 5. The summed E-state index contributed by atoms with van der Waals surface area (Å²) in [6.07, 6.45) is 0. The fraction of sp³-hybridized carbons (Fsp3) is 0.0465. The van der Waals surface area contributed by atoms with Crippen molar-refractivity contribution in [1.29, 1.82) is 0 Å². The second-order valence-corrected chi connectivity index (χ2v) is 23.6. The standard InChI is InChI=1S/C86H65N5O4/c1-92-71-33-17-29-62(52-71)87(81-41-13-25-58-21-5-9-37-75(58)81)66-45-47-85-79(56-66)80-57-67(88(63-30-18-34-72(53-63)93-2)82-42-14-26-59-22-6-10-38-76(59)82)46-48-86(80)91(85)70-50-68(89(64-31-19-35-73(54-64)94-3)83-43-15-27-60-23-7-11-39-77(60)83)49-69(51-70)90(65-32-20-36-74(55-65)95-4)84-44-16-28-61-24-8-12-40-78(61)84/h5-57H,1-4H3. The van der Waals surface area contributed by atoms with Gasteiger partial charge in [-0.1, -0.05) is 170 Å². The quantitative estimate of drug-likeness (QED) is 0.0894. The molecule has 9 heteroatoms. The van der Waals surface area contributed by atoms with Crippen LogP contribution < -0.4 is 38.5 Å². The van der Waals surface area contributed by atoms with Crippen LogP contribution in [0.4, 0.5) is 68.2 Å². The Kier molecular flexibility index (Phi) is 15.0. The average Bonchev–Trinajstić information content (AvgIpc) is 1.58. The Bertz CT molecular complexity index is 5230. The van der Waals surface area contributed by atoms with Gasteiger partial charge in [-0.25, -0.2) is 0 Å². The van der Waals surface area contributed by atoms with E-state index < -0.39 is 0 Å². The minimum absolute atomic E-state index is 0.741. The van der Waals surface area contributed by atoms with Crippen LogP contribution in [0.2, 0.25) is 0 Å². The first kappa shape index (κ1) is 57.7. The van der Waals surface area contributed by atoms with Gasteiger partial charge in [0.1, 0.15) is 23.0 Å². The molecule has 1 heterocycles. The molecule has 0 N–H and O–H groups in total. The fourth-order valence-corrected chi connectivity index (χ4v) is 13.8. The van der Waals surface area contributed by atoms with Crippen molar-refractivity contribution in [2.24, 2.45) is 0 Å². The van der Waals surface area contributed by atoms with Gasteiger partial charge in [0.05, 0.1) is 79.3 Å². The topological polar surface area (TPSA) is 54.8 Å². The highest BCUT2D eigenvalue weighted by Crippen LogP contribution is 2.50. The van der Waals surface area contributed by atoms with Gasteiger partial charge in [0.15, 0.2) is 0 Å². The lowest BCUT2D eigenvalue weighted by molar-refractivity contribution is 0.415. The van der Waals surface area contributed by atoms with E-state index in [9.17, 15) is 0 Å². The highest BCUT2D eigenvalue weighted by Gasteiger charge is 2.27. The molecule has 0 bridgehead atoms. The molecule has 0 spiro atoms. The Hall–Kier alpha value is -12.5. The van der Waals surface area contributed by atoms with Gasteiger partial charge in [0.25, 0.3) is 0 Å². The van der Waals surface area contributed by atoms with Crippen LogP contribution in [0.5, 0.6) is 23.0 Å². The lowest BCUT2D eigenvalue weighted by Gasteiger charge is -2.32. The number of ether oxygens (including phenoxy) is 4. The van der Waals surface area contributed by atoms with Gasteiger partial charge in [-0.05, 0) is 149 Å². The van der Waals surface area contributed by atoms with Crippen LogP contribution in [0, 0.1) is 0 Å². The minimum Gasteiger partial charge on any atom is -0.497 e. The number of aromatic nitrogens is 1. The van der Waals surface area contributed by atoms with Crippen molar-refractivity contribution < 1.29 is 18.9 Å². The Morgan fingerprint density at radius 1 is 0.211 bits per heavy atom. The summed E-state index contributed by atoms with van der Waals surface area (Å²) in [4.78, 5) is 9.48. The number of hydrogen-bond acceptors (Lipinski definition) is 8. The van der Waals surface area contributed by atoms with Gasteiger partial charge in [0.2, 0.25) is 0 Å². The van der Waals surface area contributed by atoms with Crippen LogP contribution in [-0.4, -0.2) is 33.0 Å². The van der Waals surface area contributed by atoms with Crippen LogP contribution in [0.3, 0.4) is 0 Å². The number of rotatable bonds is 17. The SMILES string of the molecule is COc1cccc(N(c2cc(N(c3cccc(OC)c3)c3cccc4ccccc34)cc(-n3c4ccc(N(c5cccc(OC)c5)c5cccc6ccccc56)cc4c4cc(N(c5cccc(OC)c5)c5cccc6ccccc56)ccc43)c2)c2cccc3ccccc23)c1. The lowest BCUT2D eigenvalue weighted by atomic mass is 10.0. The summed E-state index contributed by atoms with van der Waals surface area (Å²) in [6.45, 7) is 0. The van der Waals surface area contributed by atoms with Gasteiger partial charge in [-0.3, -0.25) is 0 Å². The zero-order valence-corrected chi connectivity index (χ0v) is 53.0. The molecule has 0 amide bonds. The molecule has 16 rings (SSSR count).